The number of thiophene rings is 1. The fourth-order valence-electron chi connectivity index (χ4n) is 2.09. The fraction of sp³-hybridized carbons (Fsp3) is 0.188. The predicted octanol–water partition coefficient (Wildman–Crippen LogP) is 2.72. The number of nitrogens with zero attached hydrogens (tertiary/aromatic N) is 1. The van der Waals surface area contributed by atoms with Gasteiger partial charge in [-0.15, -0.1) is 11.3 Å². The highest BCUT2D eigenvalue weighted by Crippen LogP contribution is 2.14. The first-order valence-corrected chi connectivity index (χ1v) is 7.76. The van der Waals surface area contributed by atoms with Crippen LogP contribution in [0, 0.1) is 0 Å². The predicted molar refractivity (Wildman–Crippen MR) is 83.8 cm³/mol. The number of hydrogen-bond donors (Lipinski definition) is 1. The minimum absolute atomic E-state index is 0.0548. The Kier molecular flexibility index (Phi) is 4.29. The lowest BCUT2D eigenvalue weighted by molar-refractivity contribution is -0.121. The number of hydrogen-bond acceptors (Lipinski definition) is 5. The third-order valence-corrected chi connectivity index (χ3v) is 4.13. The van der Waals surface area contributed by atoms with E-state index >= 15 is 0 Å². The van der Waals surface area contributed by atoms with Crippen LogP contribution < -0.4 is 5.43 Å². The third kappa shape index (κ3) is 3.40. The van der Waals surface area contributed by atoms with Gasteiger partial charge in [-0.3, -0.25) is 4.79 Å². The minimum Gasteiger partial charge on any atom is -0.457 e. The Hall–Kier alpha value is -2.47. The molecule has 5 nitrogen and oxygen atoms in total. The van der Waals surface area contributed by atoms with Gasteiger partial charge in [0.05, 0.1) is 5.71 Å². The molecule has 2 aromatic rings. The first-order chi connectivity index (χ1) is 10.7. The van der Waals surface area contributed by atoms with Gasteiger partial charge in [-0.05, 0) is 22.6 Å². The van der Waals surface area contributed by atoms with Crippen molar-refractivity contribution in [3.8, 4) is 0 Å². The fourth-order valence-corrected chi connectivity index (χ4v) is 2.71. The first kappa shape index (κ1) is 14.5. The average molecular weight is 314 g/mol. The molecule has 0 radical (unpaired) electrons. The van der Waals surface area contributed by atoms with Gasteiger partial charge in [0.1, 0.15) is 11.5 Å². The van der Waals surface area contributed by atoms with E-state index in [1.807, 2.05) is 35.7 Å². The second kappa shape index (κ2) is 6.53. The van der Waals surface area contributed by atoms with Crippen molar-refractivity contribution in [1.29, 1.82) is 0 Å². The molecule has 3 rings (SSSR count). The van der Waals surface area contributed by atoms with E-state index in [2.05, 4.69) is 10.5 Å². The van der Waals surface area contributed by atoms with E-state index in [9.17, 15) is 9.59 Å². The van der Waals surface area contributed by atoms with E-state index in [0.717, 1.165) is 16.8 Å². The number of rotatable bonds is 4. The quantitative estimate of drug-likeness (QED) is 0.882. The van der Waals surface area contributed by atoms with Crippen LogP contribution in [0.25, 0.3) is 0 Å². The molecule has 1 aromatic carbocycles. The van der Waals surface area contributed by atoms with E-state index in [1.165, 1.54) is 11.3 Å². The lowest BCUT2D eigenvalue weighted by atomic mass is 10.0. The summed E-state index contributed by atoms with van der Waals surface area (Å²) in [7, 11) is 0. The van der Waals surface area contributed by atoms with E-state index < -0.39 is 0 Å². The zero-order chi connectivity index (χ0) is 15.4. The van der Waals surface area contributed by atoms with E-state index in [0.29, 0.717) is 17.7 Å². The van der Waals surface area contributed by atoms with Crippen molar-refractivity contribution < 1.29 is 14.3 Å². The Bertz CT molecular complexity index is 706. The molecule has 22 heavy (non-hydrogen) atoms. The lowest BCUT2D eigenvalue weighted by Crippen LogP contribution is -2.25. The van der Waals surface area contributed by atoms with Crippen molar-refractivity contribution >= 4 is 28.9 Å². The number of hydrazone groups is 1. The molecule has 6 heteroatoms. The molecule has 0 fully saturated rings. The number of ether oxygens (including phenoxy) is 1. The van der Waals surface area contributed by atoms with Gasteiger partial charge in [0, 0.05) is 12.8 Å². The van der Waals surface area contributed by atoms with Gasteiger partial charge in [-0.2, -0.15) is 5.10 Å². The second-order valence-electron chi connectivity index (χ2n) is 4.84. The lowest BCUT2D eigenvalue weighted by Gasteiger charge is -2.12. The maximum Gasteiger partial charge on any atom is 0.348 e. The van der Waals surface area contributed by atoms with Crippen LogP contribution in [0.4, 0.5) is 0 Å². The summed E-state index contributed by atoms with van der Waals surface area (Å²) in [5.41, 5.74) is 5.22. The van der Waals surface area contributed by atoms with Crippen molar-refractivity contribution in [2.45, 2.75) is 19.4 Å². The molecule has 2 heterocycles. The number of esters is 1. The van der Waals surface area contributed by atoms with Crippen LogP contribution in [-0.4, -0.2) is 17.6 Å². The molecule has 0 unspecified atom stereocenters. The number of amides is 1. The largest absolute Gasteiger partial charge is 0.457 e. The van der Waals surface area contributed by atoms with Crippen molar-refractivity contribution in [2.24, 2.45) is 5.10 Å². The number of nitrogens with one attached hydrogen (secondary N) is 1. The van der Waals surface area contributed by atoms with Gasteiger partial charge in [0.15, 0.2) is 0 Å². The van der Waals surface area contributed by atoms with Crippen LogP contribution in [0.2, 0.25) is 0 Å². The van der Waals surface area contributed by atoms with Crippen LogP contribution in [0.15, 0.2) is 46.9 Å². The van der Waals surface area contributed by atoms with E-state index in [-0.39, 0.29) is 18.5 Å². The number of benzene rings is 1. The molecule has 1 amide bonds. The zero-order valence-electron chi connectivity index (χ0n) is 11.7. The molecule has 0 spiro atoms. The topological polar surface area (TPSA) is 67.8 Å². The summed E-state index contributed by atoms with van der Waals surface area (Å²) in [6.45, 7) is 0.236. The minimum atomic E-state index is -0.307. The van der Waals surface area contributed by atoms with Gasteiger partial charge in [-0.1, -0.05) is 30.3 Å². The Morgan fingerprint density at radius 2 is 2.05 bits per heavy atom. The molecule has 112 valence electrons. The van der Waals surface area contributed by atoms with Crippen LogP contribution >= 0.6 is 11.3 Å². The monoisotopic (exact) mass is 314 g/mol. The molecular formula is C16H14N2O3S. The van der Waals surface area contributed by atoms with Gasteiger partial charge in [0.2, 0.25) is 5.91 Å². The summed E-state index contributed by atoms with van der Waals surface area (Å²) in [5.74, 6) is -0.362. The van der Waals surface area contributed by atoms with Crippen molar-refractivity contribution in [1.82, 2.24) is 5.43 Å². The summed E-state index contributed by atoms with van der Waals surface area (Å²) >= 11 is 1.36. The first-order valence-electron chi connectivity index (χ1n) is 6.88. The van der Waals surface area contributed by atoms with Crippen LogP contribution in [0.3, 0.4) is 0 Å². The summed E-state index contributed by atoms with van der Waals surface area (Å²) in [6.07, 6.45) is 1.09. The molecule has 0 atom stereocenters. The number of carbonyl (C=O) groups is 2. The van der Waals surface area contributed by atoms with Crippen molar-refractivity contribution in [2.75, 3.05) is 0 Å². The van der Waals surface area contributed by atoms with E-state index in [1.54, 1.807) is 6.07 Å². The van der Waals surface area contributed by atoms with Crippen molar-refractivity contribution in [3.05, 3.63) is 57.8 Å². The Labute approximate surface area is 131 Å². The SMILES string of the molecule is O=C1CCC(c2ccc(COC(=O)c3cccs3)cc2)=NN1. The molecule has 0 saturated heterocycles. The third-order valence-electron chi connectivity index (χ3n) is 3.28. The molecule has 0 aliphatic carbocycles. The van der Waals surface area contributed by atoms with Crippen molar-refractivity contribution in [3.63, 3.8) is 0 Å². The molecule has 0 saturated carbocycles. The molecule has 1 aliphatic heterocycles. The highest BCUT2D eigenvalue weighted by Gasteiger charge is 2.13. The highest BCUT2D eigenvalue weighted by molar-refractivity contribution is 7.11. The van der Waals surface area contributed by atoms with Gasteiger partial charge >= 0.3 is 5.97 Å². The summed E-state index contributed by atoms with van der Waals surface area (Å²) in [6, 6.07) is 11.2. The molecular weight excluding hydrogens is 300 g/mol. The Balaban J connectivity index is 1.60. The standard InChI is InChI=1S/C16H14N2O3S/c19-15-8-7-13(17-18-15)12-5-3-11(4-6-12)10-21-16(20)14-2-1-9-22-14/h1-6,9H,7-8,10H2,(H,18,19). The normalized spacial score (nSPS) is 14.2. The molecule has 1 aromatic heterocycles. The van der Waals surface area contributed by atoms with Gasteiger partial charge in [-0.25, -0.2) is 10.2 Å². The summed E-state index contributed by atoms with van der Waals surface area (Å²) in [4.78, 5) is 23.4. The van der Waals surface area contributed by atoms with Crippen LogP contribution in [0.1, 0.15) is 33.6 Å². The average Bonchev–Trinajstić information content (AvgIpc) is 3.08. The van der Waals surface area contributed by atoms with E-state index in [4.69, 9.17) is 4.74 Å². The summed E-state index contributed by atoms with van der Waals surface area (Å²) in [5, 5.41) is 5.89. The number of carbonyl (C=O) groups excluding carboxylic acids is 2. The highest BCUT2D eigenvalue weighted by atomic mass is 32.1. The summed E-state index contributed by atoms with van der Waals surface area (Å²) < 4.78 is 5.26. The second-order valence-corrected chi connectivity index (χ2v) is 5.79. The van der Waals surface area contributed by atoms with Gasteiger partial charge in [0.25, 0.3) is 0 Å². The van der Waals surface area contributed by atoms with Gasteiger partial charge < -0.3 is 4.74 Å². The smallest absolute Gasteiger partial charge is 0.348 e. The van der Waals surface area contributed by atoms with Crippen LogP contribution in [0.5, 0.6) is 0 Å². The molecule has 1 aliphatic rings. The van der Waals surface area contributed by atoms with Crippen LogP contribution in [-0.2, 0) is 16.1 Å². The zero-order valence-corrected chi connectivity index (χ0v) is 12.6. The Morgan fingerprint density at radius 3 is 2.68 bits per heavy atom. The maximum absolute atomic E-state index is 11.8. The maximum atomic E-state index is 11.8. The molecule has 1 N–H and O–H groups in total. The Morgan fingerprint density at radius 1 is 1.23 bits per heavy atom. The molecule has 0 bridgehead atoms.